The molecule has 0 aliphatic heterocycles. The molecule has 1 aromatic rings. The monoisotopic (exact) mass is 370 g/mol. The zero-order chi connectivity index (χ0) is 19.4. The third-order valence-corrected chi connectivity index (χ3v) is 5.39. The Kier molecular flexibility index (Phi) is 7.02. The third-order valence-electron chi connectivity index (χ3n) is 3.55. The summed E-state index contributed by atoms with van der Waals surface area (Å²) in [5.74, 6) is 0.340. The van der Waals surface area contributed by atoms with Crippen LogP contribution in [0.1, 0.15) is 53.0 Å². The molecule has 1 amide bonds. The first-order valence-corrected chi connectivity index (χ1v) is 9.82. The molecule has 0 aliphatic rings. The van der Waals surface area contributed by atoms with E-state index < -0.39 is 21.7 Å². The van der Waals surface area contributed by atoms with Gasteiger partial charge in [0.25, 0.3) is 0 Å². The number of hydrogen-bond acceptors (Lipinski definition) is 4. The van der Waals surface area contributed by atoms with Crippen molar-refractivity contribution < 1.29 is 17.9 Å². The smallest absolute Gasteiger partial charge is 0.407 e. The van der Waals surface area contributed by atoms with E-state index in [4.69, 9.17) is 4.74 Å². The number of rotatable bonds is 6. The molecule has 0 spiro atoms. The molecule has 1 rings (SSSR count). The van der Waals surface area contributed by atoms with Crippen molar-refractivity contribution in [3.05, 3.63) is 29.8 Å². The number of carbonyl (C=O) groups excluding carboxylic acids is 1. The molecule has 0 radical (unpaired) electrons. The summed E-state index contributed by atoms with van der Waals surface area (Å²) in [5, 5.41) is 2.65. The molecule has 0 fully saturated rings. The Morgan fingerprint density at radius 2 is 1.68 bits per heavy atom. The van der Waals surface area contributed by atoms with Crippen LogP contribution in [0.15, 0.2) is 29.2 Å². The first-order chi connectivity index (χ1) is 11.3. The van der Waals surface area contributed by atoms with Gasteiger partial charge in [-0.1, -0.05) is 26.0 Å². The fraction of sp³-hybridized carbons (Fsp3) is 0.611. The molecule has 0 saturated heterocycles. The Balaban J connectivity index is 2.74. The van der Waals surface area contributed by atoms with E-state index in [1.807, 2.05) is 12.1 Å². The zero-order valence-electron chi connectivity index (χ0n) is 16.2. The molecule has 0 aromatic heterocycles. The van der Waals surface area contributed by atoms with Crippen molar-refractivity contribution >= 4 is 16.1 Å². The molecule has 0 saturated carbocycles. The molecule has 0 heterocycles. The first-order valence-electron chi connectivity index (χ1n) is 8.38. The number of nitrogens with zero attached hydrogens (tertiary/aromatic N) is 1. The summed E-state index contributed by atoms with van der Waals surface area (Å²) in [6, 6.07) is 6.51. The summed E-state index contributed by atoms with van der Waals surface area (Å²) in [6.07, 6.45) is -0.563. The highest BCUT2D eigenvalue weighted by Gasteiger charge is 2.24. The van der Waals surface area contributed by atoms with Gasteiger partial charge in [0.15, 0.2) is 0 Å². The van der Waals surface area contributed by atoms with E-state index in [0.29, 0.717) is 5.92 Å². The molecule has 0 bridgehead atoms. The van der Waals surface area contributed by atoms with Crippen molar-refractivity contribution in [3.8, 4) is 0 Å². The van der Waals surface area contributed by atoms with Crippen molar-refractivity contribution in [1.82, 2.24) is 9.62 Å². The molecular weight excluding hydrogens is 340 g/mol. The van der Waals surface area contributed by atoms with Crippen LogP contribution in [0.4, 0.5) is 4.79 Å². The average molecular weight is 371 g/mol. The highest BCUT2D eigenvalue weighted by Crippen LogP contribution is 2.19. The highest BCUT2D eigenvalue weighted by atomic mass is 32.2. The Labute approximate surface area is 151 Å². The van der Waals surface area contributed by atoms with Gasteiger partial charge in [-0.15, -0.1) is 0 Å². The topological polar surface area (TPSA) is 75.7 Å². The average Bonchev–Trinajstić information content (AvgIpc) is 2.44. The Hall–Kier alpha value is -1.60. The highest BCUT2D eigenvalue weighted by molar-refractivity contribution is 7.89. The second kappa shape index (κ2) is 8.19. The molecule has 1 atom stereocenters. The van der Waals surface area contributed by atoms with Crippen LogP contribution < -0.4 is 5.32 Å². The number of hydrogen-bond donors (Lipinski definition) is 1. The number of carbonyl (C=O) groups is 1. The summed E-state index contributed by atoms with van der Waals surface area (Å²) < 4.78 is 31.7. The van der Waals surface area contributed by atoms with Crippen molar-refractivity contribution in [1.29, 1.82) is 0 Å². The maximum absolute atomic E-state index is 12.6. The lowest BCUT2D eigenvalue weighted by molar-refractivity contribution is 0.0504. The van der Waals surface area contributed by atoms with Crippen molar-refractivity contribution in [2.24, 2.45) is 0 Å². The minimum absolute atomic E-state index is 0.146. The fourth-order valence-electron chi connectivity index (χ4n) is 2.24. The second-order valence-corrected chi connectivity index (χ2v) is 9.60. The SMILES string of the molecule is CC(C)c1ccc(S(=O)(=O)N(C)C[C@@H](C)NC(=O)OC(C)(C)C)cc1. The standard InChI is InChI=1S/C18H30N2O4S/c1-13(2)15-8-10-16(11-9-15)25(22,23)20(7)12-14(3)19-17(21)24-18(4,5)6/h8-11,13-14H,12H2,1-7H3,(H,19,21)/t14-/m1/s1. The molecule has 0 unspecified atom stereocenters. The third kappa shape index (κ3) is 6.66. The number of alkyl carbamates (subject to hydrolysis) is 1. The molecule has 7 heteroatoms. The van der Waals surface area contributed by atoms with E-state index in [9.17, 15) is 13.2 Å². The van der Waals surface area contributed by atoms with Gasteiger partial charge in [0.2, 0.25) is 10.0 Å². The van der Waals surface area contributed by atoms with Gasteiger partial charge in [-0.25, -0.2) is 13.2 Å². The van der Waals surface area contributed by atoms with Gasteiger partial charge in [0, 0.05) is 19.6 Å². The molecule has 1 aromatic carbocycles. The van der Waals surface area contributed by atoms with E-state index in [1.54, 1.807) is 39.8 Å². The number of likely N-dealkylation sites (N-methyl/N-ethyl adjacent to an activating group) is 1. The quantitative estimate of drug-likeness (QED) is 0.833. The summed E-state index contributed by atoms with van der Waals surface area (Å²) in [4.78, 5) is 12.0. The summed E-state index contributed by atoms with van der Waals surface area (Å²) >= 11 is 0. The fourth-order valence-corrected chi connectivity index (χ4v) is 3.50. The zero-order valence-corrected chi connectivity index (χ0v) is 17.0. The van der Waals surface area contributed by atoms with Crippen molar-refractivity contribution in [2.45, 2.75) is 64.0 Å². The van der Waals surface area contributed by atoms with Gasteiger partial charge in [0.1, 0.15) is 5.60 Å². The number of amides is 1. The van der Waals surface area contributed by atoms with Crippen LogP contribution >= 0.6 is 0 Å². The van der Waals surface area contributed by atoms with Crippen LogP contribution in [-0.2, 0) is 14.8 Å². The van der Waals surface area contributed by atoms with Crippen LogP contribution in [0.2, 0.25) is 0 Å². The van der Waals surface area contributed by atoms with E-state index in [0.717, 1.165) is 5.56 Å². The van der Waals surface area contributed by atoms with E-state index in [2.05, 4.69) is 19.2 Å². The largest absolute Gasteiger partial charge is 0.444 e. The maximum Gasteiger partial charge on any atom is 0.407 e. The number of sulfonamides is 1. The van der Waals surface area contributed by atoms with Gasteiger partial charge < -0.3 is 10.1 Å². The number of benzene rings is 1. The Morgan fingerprint density at radius 1 is 1.16 bits per heavy atom. The molecule has 1 N–H and O–H groups in total. The van der Waals surface area contributed by atoms with Crippen LogP contribution in [0, 0.1) is 0 Å². The van der Waals surface area contributed by atoms with Crippen LogP contribution in [0.25, 0.3) is 0 Å². The maximum atomic E-state index is 12.6. The van der Waals surface area contributed by atoms with Gasteiger partial charge >= 0.3 is 6.09 Å². The van der Waals surface area contributed by atoms with Gasteiger partial charge in [0.05, 0.1) is 4.90 Å². The van der Waals surface area contributed by atoms with Crippen LogP contribution in [-0.4, -0.2) is 44.1 Å². The van der Waals surface area contributed by atoms with E-state index >= 15 is 0 Å². The molecule has 6 nitrogen and oxygen atoms in total. The normalized spacial score (nSPS) is 13.8. The van der Waals surface area contributed by atoms with Gasteiger partial charge in [-0.3, -0.25) is 0 Å². The lowest BCUT2D eigenvalue weighted by Crippen LogP contribution is -2.44. The first kappa shape index (κ1) is 21.4. The number of nitrogens with one attached hydrogen (secondary N) is 1. The minimum atomic E-state index is -3.61. The minimum Gasteiger partial charge on any atom is -0.444 e. The van der Waals surface area contributed by atoms with Crippen molar-refractivity contribution in [2.75, 3.05) is 13.6 Å². The summed E-state index contributed by atoms with van der Waals surface area (Å²) in [5.41, 5.74) is 0.488. The lowest BCUT2D eigenvalue weighted by atomic mass is 10.0. The predicted molar refractivity (Wildman–Crippen MR) is 99.2 cm³/mol. The molecule has 25 heavy (non-hydrogen) atoms. The summed E-state index contributed by atoms with van der Waals surface area (Å²) in [7, 11) is -2.11. The Morgan fingerprint density at radius 3 is 2.12 bits per heavy atom. The Bertz CT molecular complexity index is 676. The van der Waals surface area contributed by atoms with Gasteiger partial charge in [-0.05, 0) is 51.3 Å². The molecular formula is C18H30N2O4S. The van der Waals surface area contributed by atoms with E-state index in [-0.39, 0.29) is 17.5 Å². The van der Waals surface area contributed by atoms with Crippen LogP contribution in [0.3, 0.4) is 0 Å². The molecule has 142 valence electrons. The van der Waals surface area contributed by atoms with E-state index in [1.165, 1.54) is 11.4 Å². The predicted octanol–water partition coefficient (Wildman–Crippen LogP) is 3.34. The lowest BCUT2D eigenvalue weighted by Gasteiger charge is -2.24. The second-order valence-electron chi connectivity index (χ2n) is 7.56. The van der Waals surface area contributed by atoms with Crippen LogP contribution in [0.5, 0.6) is 0 Å². The van der Waals surface area contributed by atoms with Crippen molar-refractivity contribution in [3.63, 3.8) is 0 Å². The van der Waals surface area contributed by atoms with Gasteiger partial charge in [-0.2, -0.15) is 4.31 Å². The summed E-state index contributed by atoms with van der Waals surface area (Å²) in [6.45, 7) is 11.3. The number of ether oxygens (including phenoxy) is 1. The molecule has 0 aliphatic carbocycles.